The van der Waals surface area contributed by atoms with E-state index in [1.165, 1.54) is 0 Å². The van der Waals surface area contributed by atoms with Crippen LogP contribution in [0, 0.1) is 0 Å². The summed E-state index contributed by atoms with van der Waals surface area (Å²) >= 11 is 0. The summed E-state index contributed by atoms with van der Waals surface area (Å²) < 4.78 is 10.9. The van der Waals surface area contributed by atoms with E-state index < -0.39 is 0 Å². The Balaban J connectivity index is 1.63. The Morgan fingerprint density at radius 3 is 2.71 bits per heavy atom. The molecular weight excluding hydrogens is 266 g/mol. The summed E-state index contributed by atoms with van der Waals surface area (Å²) in [5, 5.41) is 7.45. The molecule has 3 rings (SSSR count). The van der Waals surface area contributed by atoms with Crippen molar-refractivity contribution >= 4 is 0 Å². The molecule has 1 aliphatic heterocycles. The molecule has 5 nitrogen and oxygen atoms in total. The maximum absolute atomic E-state index is 5.44. The standard InChI is InChI=1S/C16H21N3O2/c1-2-20-14-5-3-12(4-6-14)11-15-18-16(21-19-15)13-7-9-17-10-8-13/h3-6,13,17H,2,7-11H2,1H3. The topological polar surface area (TPSA) is 60.2 Å². The van der Waals surface area contributed by atoms with Crippen LogP contribution in [-0.4, -0.2) is 29.8 Å². The smallest absolute Gasteiger partial charge is 0.229 e. The van der Waals surface area contributed by atoms with Crippen molar-refractivity contribution in [1.29, 1.82) is 0 Å². The van der Waals surface area contributed by atoms with Crippen molar-refractivity contribution in [2.24, 2.45) is 0 Å². The quantitative estimate of drug-likeness (QED) is 0.915. The number of piperidine rings is 1. The molecule has 2 aromatic rings. The van der Waals surface area contributed by atoms with Gasteiger partial charge in [0.1, 0.15) is 5.75 Å². The van der Waals surface area contributed by atoms with Crippen molar-refractivity contribution in [2.45, 2.75) is 32.1 Å². The Kier molecular flexibility index (Phi) is 4.50. The molecular formula is C16H21N3O2. The third-order valence-electron chi connectivity index (χ3n) is 3.77. The van der Waals surface area contributed by atoms with Crippen LogP contribution in [0.2, 0.25) is 0 Å². The van der Waals surface area contributed by atoms with Crippen molar-refractivity contribution in [3.05, 3.63) is 41.5 Å². The predicted molar refractivity (Wildman–Crippen MR) is 79.6 cm³/mol. The Bertz CT molecular complexity index is 559. The molecule has 0 bridgehead atoms. The second-order valence-electron chi connectivity index (χ2n) is 5.33. The average Bonchev–Trinajstić information content (AvgIpc) is 2.99. The van der Waals surface area contributed by atoms with Crippen molar-refractivity contribution in [3.63, 3.8) is 0 Å². The second kappa shape index (κ2) is 6.72. The van der Waals surface area contributed by atoms with Gasteiger partial charge in [-0.3, -0.25) is 0 Å². The molecule has 2 heterocycles. The Morgan fingerprint density at radius 1 is 1.24 bits per heavy atom. The van der Waals surface area contributed by atoms with E-state index in [-0.39, 0.29) is 0 Å². The zero-order valence-corrected chi connectivity index (χ0v) is 12.3. The third kappa shape index (κ3) is 3.61. The molecule has 0 unspecified atom stereocenters. The molecule has 1 fully saturated rings. The number of aromatic nitrogens is 2. The fourth-order valence-electron chi connectivity index (χ4n) is 2.63. The molecule has 1 aromatic carbocycles. The van der Waals surface area contributed by atoms with Gasteiger partial charge in [-0.2, -0.15) is 4.98 Å². The number of nitrogens with one attached hydrogen (secondary N) is 1. The lowest BCUT2D eigenvalue weighted by Crippen LogP contribution is -2.26. The number of rotatable bonds is 5. The van der Waals surface area contributed by atoms with E-state index in [0.717, 1.165) is 49.0 Å². The summed E-state index contributed by atoms with van der Waals surface area (Å²) in [6.07, 6.45) is 2.84. The van der Waals surface area contributed by atoms with Crippen LogP contribution in [0.4, 0.5) is 0 Å². The summed E-state index contributed by atoms with van der Waals surface area (Å²) in [6, 6.07) is 8.05. The molecule has 0 saturated carbocycles. The Morgan fingerprint density at radius 2 is 2.00 bits per heavy atom. The van der Waals surface area contributed by atoms with Gasteiger partial charge in [0.25, 0.3) is 0 Å². The summed E-state index contributed by atoms with van der Waals surface area (Å²) in [6.45, 7) is 4.72. The fraction of sp³-hybridized carbons (Fsp3) is 0.500. The van der Waals surface area contributed by atoms with Gasteiger partial charge in [-0.1, -0.05) is 17.3 Å². The van der Waals surface area contributed by atoms with Crippen LogP contribution < -0.4 is 10.1 Å². The molecule has 1 N–H and O–H groups in total. The van der Waals surface area contributed by atoms with Crippen molar-refractivity contribution in [2.75, 3.05) is 19.7 Å². The minimum atomic E-state index is 0.410. The van der Waals surface area contributed by atoms with Gasteiger partial charge in [-0.15, -0.1) is 0 Å². The zero-order valence-electron chi connectivity index (χ0n) is 12.3. The summed E-state index contributed by atoms with van der Waals surface area (Å²) in [5.74, 6) is 2.85. The monoisotopic (exact) mass is 287 g/mol. The van der Waals surface area contributed by atoms with Gasteiger partial charge in [0.15, 0.2) is 5.82 Å². The molecule has 1 saturated heterocycles. The third-order valence-corrected chi connectivity index (χ3v) is 3.77. The van der Waals surface area contributed by atoms with Crippen LogP contribution in [0.1, 0.15) is 43.0 Å². The number of hydrogen-bond acceptors (Lipinski definition) is 5. The first-order chi connectivity index (χ1) is 10.3. The van der Waals surface area contributed by atoms with Gasteiger partial charge < -0.3 is 14.6 Å². The van der Waals surface area contributed by atoms with Crippen LogP contribution >= 0.6 is 0 Å². The maximum Gasteiger partial charge on any atom is 0.229 e. The highest BCUT2D eigenvalue weighted by molar-refractivity contribution is 5.28. The number of nitrogens with zero attached hydrogens (tertiary/aromatic N) is 2. The van der Waals surface area contributed by atoms with Crippen molar-refractivity contribution in [3.8, 4) is 5.75 Å². The van der Waals surface area contributed by atoms with E-state index in [1.54, 1.807) is 0 Å². The van der Waals surface area contributed by atoms with Gasteiger partial charge in [0.2, 0.25) is 5.89 Å². The molecule has 0 radical (unpaired) electrons. The molecule has 5 heteroatoms. The lowest BCUT2D eigenvalue weighted by Gasteiger charge is -2.18. The first-order valence-electron chi connectivity index (χ1n) is 7.60. The molecule has 112 valence electrons. The SMILES string of the molecule is CCOc1ccc(Cc2noc(C3CCNCC3)n2)cc1. The summed E-state index contributed by atoms with van der Waals surface area (Å²) in [4.78, 5) is 4.55. The van der Waals surface area contributed by atoms with E-state index in [2.05, 4.69) is 15.5 Å². The number of hydrogen-bond donors (Lipinski definition) is 1. The van der Waals surface area contributed by atoms with Gasteiger partial charge in [0, 0.05) is 12.3 Å². The minimum absolute atomic E-state index is 0.410. The van der Waals surface area contributed by atoms with E-state index in [0.29, 0.717) is 18.9 Å². The van der Waals surface area contributed by atoms with Crippen molar-refractivity contribution < 1.29 is 9.26 Å². The van der Waals surface area contributed by atoms with Gasteiger partial charge in [0.05, 0.1) is 6.61 Å². The summed E-state index contributed by atoms with van der Waals surface area (Å²) in [5.41, 5.74) is 1.16. The lowest BCUT2D eigenvalue weighted by molar-refractivity contribution is 0.318. The average molecular weight is 287 g/mol. The Hall–Kier alpha value is -1.88. The lowest BCUT2D eigenvalue weighted by atomic mass is 9.98. The molecule has 0 amide bonds. The normalized spacial score (nSPS) is 16.0. The highest BCUT2D eigenvalue weighted by Crippen LogP contribution is 2.24. The van der Waals surface area contributed by atoms with E-state index in [9.17, 15) is 0 Å². The minimum Gasteiger partial charge on any atom is -0.494 e. The Labute approximate surface area is 124 Å². The zero-order chi connectivity index (χ0) is 14.5. The van der Waals surface area contributed by atoms with Crippen LogP contribution in [-0.2, 0) is 6.42 Å². The molecule has 0 aliphatic carbocycles. The largest absolute Gasteiger partial charge is 0.494 e. The molecule has 1 aliphatic rings. The molecule has 0 spiro atoms. The maximum atomic E-state index is 5.44. The van der Waals surface area contributed by atoms with Crippen LogP contribution in [0.15, 0.2) is 28.8 Å². The molecule has 0 atom stereocenters. The highest BCUT2D eigenvalue weighted by atomic mass is 16.5. The molecule has 21 heavy (non-hydrogen) atoms. The van der Waals surface area contributed by atoms with Gasteiger partial charge >= 0.3 is 0 Å². The van der Waals surface area contributed by atoms with Crippen LogP contribution in [0.3, 0.4) is 0 Å². The predicted octanol–water partition coefficient (Wildman–Crippen LogP) is 2.53. The second-order valence-corrected chi connectivity index (χ2v) is 5.33. The van der Waals surface area contributed by atoms with E-state index in [1.807, 2.05) is 31.2 Å². The number of ether oxygens (including phenoxy) is 1. The summed E-state index contributed by atoms with van der Waals surface area (Å²) in [7, 11) is 0. The van der Waals surface area contributed by atoms with E-state index in [4.69, 9.17) is 9.26 Å². The van der Waals surface area contributed by atoms with Crippen molar-refractivity contribution in [1.82, 2.24) is 15.5 Å². The van der Waals surface area contributed by atoms with E-state index >= 15 is 0 Å². The van der Waals surface area contributed by atoms with Gasteiger partial charge in [-0.05, 0) is 50.6 Å². The van der Waals surface area contributed by atoms with Crippen LogP contribution in [0.25, 0.3) is 0 Å². The number of benzene rings is 1. The first kappa shape index (κ1) is 14.1. The van der Waals surface area contributed by atoms with Crippen LogP contribution in [0.5, 0.6) is 5.75 Å². The fourth-order valence-corrected chi connectivity index (χ4v) is 2.63. The molecule has 1 aromatic heterocycles. The highest BCUT2D eigenvalue weighted by Gasteiger charge is 2.21. The first-order valence-corrected chi connectivity index (χ1v) is 7.60. The van der Waals surface area contributed by atoms with Gasteiger partial charge in [-0.25, -0.2) is 0 Å².